The number of anilines is 2. The molecular formula is C34H54N2O2. The van der Waals surface area contributed by atoms with Gasteiger partial charge in [0.25, 0.3) is 0 Å². The summed E-state index contributed by atoms with van der Waals surface area (Å²) < 4.78 is 6.42. The molecule has 4 saturated carbocycles. The molecule has 0 amide bonds. The van der Waals surface area contributed by atoms with Gasteiger partial charge in [-0.1, -0.05) is 53.9 Å². The van der Waals surface area contributed by atoms with Crippen molar-refractivity contribution in [1.29, 1.82) is 0 Å². The molecule has 4 heteroatoms. The fourth-order valence-corrected chi connectivity index (χ4v) is 10.5. The third-order valence-corrected chi connectivity index (χ3v) is 12.3. The van der Waals surface area contributed by atoms with Crippen LogP contribution in [0, 0.1) is 52.3 Å². The number of fused-ring (bicyclic) bond motifs is 5. The van der Waals surface area contributed by atoms with Crippen molar-refractivity contribution < 1.29 is 9.53 Å². The van der Waals surface area contributed by atoms with E-state index in [9.17, 15) is 4.79 Å². The monoisotopic (exact) mass is 522 g/mol. The van der Waals surface area contributed by atoms with Crippen molar-refractivity contribution in [3.63, 3.8) is 0 Å². The highest BCUT2D eigenvalue weighted by Gasteiger charge is 2.62. The first-order chi connectivity index (χ1) is 18.0. The summed E-state index contributed by atoms with van der Waals surface area (Å²) in [6.07, 6.45) is 15.7. The van der Waals surface area contributed by atoms with E-state index in [-0.39, 0.29) is 17.5 Å². The van der Waals surface area contributed by atoms with Crippen molar-refractivity contribution in [2.75, 3.05) is 11.5 Å². The first-order valence-corrected chi connectivity index (χ1v) is 15.9. The lowest BCUT2D eigenvalue weighted by Gasteiger charge is -2.62. The van der Waals surface area contributed by atoms with Gasteiger partial charge in [-0.15, -0.1) is 0 Å². The molecule has 0 bridgehead atoms. The van der Waals surface area contributed by atoms with Gasteiger partial charge in [-0.25, -0.2) is 4.79 Å². The number of carbonyl (C=O) groups is 1. The number of ether oxygens (including phenoxy) is 1. The second-order valence-corrected chi connectivity index (χ2v) is 14.8. The molecule has 4 N–H and O–H groups in total. The minimum atomic E-state index is -0.255. The summed E-state index contributed by atoms with van der Waals surface area (Å²) >= 11 is 0. The molecule has 4 nitrogen and oxygen atoms in total. The van der Waals surface area contributed by atoms with Gasteiger partial charge in [0, 0.05) is 16.8 Å². The highest BCUT2D eigenvalue weighted by Crippen LogP contribution is 2.68. The molecule has 4 fully saturated rings. The normalized spacial score (nSPS) is 39.2. The zero-order chi connectivity index (χ0) is 27.2. The Balaban J connectivity index is 1.34. The Morgan fingerprint density at radius 3 is 2.37 bits per heavy atom. The van der Waals surface area contributed by atoms with Crippen LogP contribution in [-0.4, -0.2) is 12.1 Å². The first-order valence-electron chi connectivity index (χ1n) is 15.9. The minimum absolute atomic E-state index is 0.0132. The number of hydrogen-bond donors (Lipinski definition) is 2. The largest absolute Gasteiger partial charge is 0.458 e. The lowest BCUT2D eigenvalue weighted by atomic mass is 9.44. The molecule has 0 saturated heterocycles. The Bertz CT molecular complexity index is 986. The number of rotatable bonds is 7. The summed E-state index contributed by atoms with van der Waals surface area (Å²) in [6.45, 7) is 12.4. The van der Waals surface area contributed by atoms with E-state index < -0.39 is 0 Å². The summed E-state index contributed by atoms with van der Waals surface area (Å²) in [6, 6.07) is 5.11. The maximum atomic E-state index is 13.3. The molecule has 9 atom stereocenters. The Morgan fingerprint density at radius 1 is 0.921 bits per heavy atom. The van der Waals surface area contributed by atoms with E-state index in [0.29, 0.717) is 34.2 Å². The molecule has 0 spiro atoms. The predicted octanol–water partition coefficient (Wildman–Crippen LogP) is 8.50. The fourth-order valence-electron chi connectivity index (χ4n) is 10.5. The van der Waals surface area contributed by atoms with Crippen LogP contribution < -0.4 is 11.5 Å². The number of carbonyl (C=O) groups excluding carboxylic acids is 1. The van der Waals surface area contributed by atoms with E-state index in [1.54, 1.807) is 18.2 Å². The van der Waals surface area contributed by atoms with Gasteiger partial charge in [0.2, 0.25) is 0 Å². The molecule has 0 radical (unpaired) electrons. The molecule has 4 aliphatic rings. The molecule has 212 valence electrons. The SMILES string of the molecule is CC(C)CCC[C@@H](C)[C@H]1CC[C@H]2[C@@H]3CCC4CCCC(OC(=O)c5cc(N)cc(N)c5)[C@]4(C)[C@H]3CC[C@]12C. The number of esters is 1. The molecule has 5 rings (SSSR count). The van der Waals surface area contributed by atoms with Crippen molar-refractivity contribution in [2.45, 2.75) is 118 Å². The quantitative estimate of drug-likeness (QED) is 0.278. The number of hydrogen-bond acceptors (Lipinski definition) is 4. The summed E-state index contributed by atoms with van der Waals surface area (Å²) in [7, 11) is 0. The maximum absolute atomic E-state index is 13.3. The topological polar surface area (TPSA) is 78.3 Å². The van der Waals surface area contributed by atoms with Gasteiger partial charge in [0.15, 0.2) is 0 Å². The van der Waals surface area contributed by atoms with Gasteiger partial charge in [0.1, 0.15) is 6.10 Å². The molecule has 38 heavy (non-hydrogen) atoms. The second-order valence-electron chi connectivity index (χ2n) is 14.8. The smallest absolute Gasteiger partial charge is 0.338 e. The zero-order valence-corrected chi connectivity index (χ0v) is 24.8. The summed E-state index contributed by atoms with van der Waals surface area (Å²) in [5.74, 6) is 5.22. The van der Waals surface area contributed by atoms with Crippen molar-refractivity contribution in [2.24, 2.45) is 52.3 Å². The average molecular weight is 523 g/mol. The van der Waals surface area contributed by atoms with Crippen LogP contribution in [0.15, 0.2) is 18.2 Å². The van der Waals surface area contributed by atoms with E-state index in [1.807, 2.05) is 0 Å². The van der Waals surface area contributed by atoms with Crippen LogP contribution in [0.2, 0.25) is 0 Å². The number of nitrogen functional groups attached to an aromatic ring is 2. The summed E-state index contributed by atoms with van der Waals surface area (Å²) in [4.78, 5) is 13.3. The van der Waals surface area contributed by atoms with Crippen molar-refractivity contribution in [3.05, 3.63) is 23.8 Å². The first kappa shape index (κ1) is 27.8. The van der Waals surface area contributed by atoms with Crippen molar-refractivity contribution in [1.82, 2.24) is 0 Å². The Labute approximate surface area is 232 Å². The maximum Gasteiger partial charge on any atom is 0.338 e. The molecule has 1 aromatic carbocycles. The molecule has 0 heterocycles. The Hall–Kier alpha value is -1.71. The molecule has 1 aromatic rings. The van der Waals surface area contributed by atoms with Crippen LogP contribution in [0.3, 0.4) is 0 Å². The number of nitrogens with two attached hydrogens (primary N) is 2. The van der Waals surface area contributed by atoms with Crippen LogP contribution in [0.25, 0.3) is 0 Å². The van der Waals surface area contributed by atoms with Crippen LogP contribution in [-0.2, 0) is 4.74 Å². The van der Waals surface area contributed by atoms with Crippen LogP contribution in [0.1, 0.15) is 122 Å². The van der Waals surface area contributed by atoms with Crippen molar-refractivity contribution in [3.8, 4) is 0 Å². The van der Waals surface area contributed by atoms with E-state index in [1.165, 1.54) is 64.2 Å². The van der Waals surface area contributed by atoms with E-state index >= 15 is 0 Å². The lowest BCUT2D eigenvalue weighted by molar-refractivity contribution is -0.166. The average Bonchev–Trinajstić information content (AvgIpc) is 3.21. The van der Waals surface area contributed by atoms with E-state index in [2.05, 4.69) is 34.6 Å². The second kappa shape index (κ2) is 10.7. The fraction of sp³-hybridized carbons (Fsp3) is 0.794. The molecule has 4 aliphatic carbocycles. The van der Waals surface area contributed by atoms with Gasteiger partial charge in [-0.3, -0.25) is 0 Å². The molecule has 0 aromatic heterocycles. The van der Waals surface area contributed by atoms with Crippen LogP contribution >= 0.6 is 0 Å². The van der Waals surface area contributed by atoms with Gasteiger partial charge >= 0.3 is 5.97 Å². The number of benzene rings is 1. The van der Waals surface area contributed by atoms with Crippen LogP contribution in [0.5, 0.6) is 0 Å². The van der Waals surface area contributed by atoms with Gasteiger partial charge in [-0.2, -0.15) is 0 Å². The summed E-state index contributed by atoms with van der Waals surface area (Å²) in [5, 5.41) is 0. The Kier molecular flexibility index (Phi) is 7.84. The predicted molar refractivity (Wildman–Crippen MR) is 158 cm³/mol. The Morgan fingerprint density at radius 2 is 1.66 bits per heavy atom. The molecule has 2 unspecified atom stereocenters. The standard InChI is InChI=1S/C34H54N2O2/c1-21(2)8-6-9-22(3)28-14-15-29-27-13-12-24-10-7-11-31(34(24,5)30(27)16-17-33(28,29)4)38-32(37)23-18-25(35)20-26(36)19-23/h18-22,24,27-31H,6-17,35-36H2,1-5H3/t22-,24?,27+,28-,29+,30+,31?,33-,34+/m1/s1. The van der Waals surface area contributed by atoms with Gasteiger partial charge < -0.3 is 16.2 Å². The van der Waals surface area contributed by atoms with Crippen molar-refractivity contribution >= 4 is 17.3 Å². The lowest BCUT2D eigenvalue weighted by Crippen LogP contribution is -2.58. The highest BCUT2D eigenvalue weighted by molar-refractivity contribution is 5.91. The minimum Gasteiger partial charge on any atom is -0.458 e. The van der Waals surface area contributed by atoms with Gasteiger partial charge in [-0.05, 0) is 123 Å². The highest BCUT2D eigenvalue weighted by atomic mass is 16.5. The summed E-state index contributed by atoms with van der Waals surface area (Å²) in [5.41, 5.74) is 14.1. The van der Waals surface area contributed by atoms with E-state index in [0.717, 1.165) is 42.4 Å². The van der Waals surface area contributed by atoms with Crippen LogP contribution in [0.4, 0.5) is 11.4 Å². The molecule has 0 aliphatic heterocycles. The third kappa shape index (κ3) is 4.87. The van der Waals surface area contributed by atoms with E-state index in [4.69, 9.17) is 16.2 Å². The zero-order valence-electron chi connectivity index (χ0n) is 24.8. The third-order valence-electron chi connectivity index (χ3n) is 12.3. The molecular weight excluding hydrogens is 468 g/mol. The van der Waals surface area contributed by atoms with Gasteiger partial charge in [0.05, 0.1) is 5.56 Å².